The fourth-order valence-corrected chi connectivity index (χ4v) is 3.14. The van der Waals surface area contributed by atoms with Crippen LogP contribution >= 0.6 is 0 Å². The van der Waals surface area contributed by atoms with Crippen LogP contribution in [0.1, 0.15) is 16.7 Å². The molecule has 0 N–H and O–H groups in total. The molecule has 0 bridgehead atoms. The zero-order valence-electron chi connectivity index (χ0n) is 15.4. The van der Waals surface area contributed by atoms with Crippen LogP contribution in [0.3, 0.4) is 0 Å². The number of aryl methyl sites for hydroxylation is 1. The van der Waals surface area contributed by atoms with Gasteiger partial charge in [-0.3, -0.25) is 15.0 Å². The number of nitro groups is 1. The SMILES string of the molecule is Cc1ccc([N+](=O)[O-])c(OCCOCCN2CCc3ccccc3C2)c1.[Cl-]. The largest absolute Gasteiger partial charge is 1.00 e. The Morgan fingerprint density at radius 3 is 2.67 bits per heavy atom. The van der Waals surface area contributed by atoms with Gasteiger partial charge in [-0.15, -0.1) is 0 Å². The molecule has 0 saturated carbocycles. The van der Waals surface area contributed by atoms with E-state index in [0.717, 1.165) is 31.6 Å². The van der Waals surface area contributed by atoms with E-state index in [-0.39, 0.29) is 18.1 Å². The second-order valence-electron chi connectivity index (χ2n) is 6.48. The molecule has 0 spiro atoms. The Balaban J connectivity index is 0.00000261. The average molecular weight is 392 g/mol. The molecule has 0 radical (unpaired) electrons. The first-order valence-electron chi connectivity index (χ1n) is 8.88. The van der Waals surface area contributed by atoms with Crippen molar-refractivity contribution in [2.45, 2.75) is 19.9 Å². The van der Waals surface area contributed by atoms with E-state index in [0.29, 0.717) is 25.6 Å². The van der Waals surface area contributed by atoms with Gasteiger partial charge < -0.3 is 21.9 Å². The van der Waals surface area contributed by atoms with Crippen molar-refractivity contribution in [3.8, 4) is 5.75 Å². The highest BCUT2D eigenvalue weighted by Crippen LogP contribution is 2.27. The molecule has 0 aliphatic carbocycles. The minimum atomic E-state index is -0.427. The van der Waals surface area contributed by atoms with Crippen LogP contribution in [0.25, 0.3) is 0 Å². The van der Waals surface area contributed by atoms with Crippen molar-refractivity contribution >= 4 is 5.69 Å². The minimum Gasteiger partial charge on any atom is -1.00 e. The Bertz CT molecular complexity index is 769. The summed E-state index contributed by atoms with van der Waals surface area (Å²) in [6.45, 7) is 6.10. The lowest BCUT2D eigenvalue weighted by Crippen LogP contribution is -3.00. The quantitative estimate of drug-likeness (QED) is 0.369. The molecule has 0 aromatic heterocycles. The van der Waals surface area contributed by atoms with E-state index in [1.807, 2.05) is 6.92 Å². The predicted octanol–water partition coefficient (Wildman–Crippen LogP) is 0.361. The maximum atomic E-state index is 11.0. The number of nitrogens with zero attached hydrogens (tertiary/aromatic N) is 2. The monoisotopic (exact) mass is 391 g/mol. The van der Waals surface area contributed by atoms with Gasteiger partial charge in [0.25, 0.3) is 0 Å². The summed E-state index contributed by atoms with van der Waals surface area (Å²) in [5.74, 6) is 0.297. The zero-order valence-corrected chi connectivity index (χ0v) is 16.2. The summed E-state index contributed by atoms with van der Waals surface area (Å²) >= 11 is 0. The van der Waals surface area contributed by atoms with Gasteiger partial charge in [0.1, 0.15) is 6.61 Å². The standard InChI is InChI=1S/C20H24N2O4.ClH/c1-16-6-7-19(22(23)24)20(14-16)26-13-12-25-11-10-21-9-8-17-4-2-3-5-18(17)15-21;/h2-7,14H,8-13,15H2,1H3;1H/p-1. The van der Waals surface area contributed by atoms with Crippen LogP contribution < -0.4 is 17.1 Å². The number of ether oxygens (including phenoxy) is 2. The summed E-state index contributed by atoms with van der Waals surface area (Å²) in [6, 6.07) is 13.4. The van der Waals surface area contributed by atoms with Crippen molar-refractivity contribution in [1.29, 1.82) is 0 Å². The van der Waals surface area contributed by atoms with Crippen LogP contribution in [0.15, 0.2) is 42.5 Å². The highest BCUT2D eigenvalue weighted by atomic mass is 35.5. The number of benzene rings is 2. The first kappa shape index (κ1) is 21.2. The third-order valence-corrected chi connectivity index (χ3v) is 4.56. The third kappa shape index (κ3) is 5.92. The number of nitro benzene ring substituents is 1. The fourth-order valence-electron chi connectivity index (χ4n) is 3.14. The van der Waals surface area contributed by atoms with E-state index in [4.69, 9.17) is 9.47 Å². The van der Waals surface area contributed by atoms with Crippen LogP contribution in [-0.4, -0.2) is 42.7 Å². The van der Waals surface area contributed by atoms with Crippen molar-refractivity contribution in [3.63, 3.8) is 0 Å². The molecule has 0 atom stereocenters. The van der Waals surface area contributed by atoms with E-state index >= 15 is 0 Å². The smallest absolute Gasteiger partial charge is 0.310 e. The van der Waals surface area contributed by atoms with Gasteiger partial charge in [0, 0.05) is 25.7 Å². The molecule has 0 fully saturated rings. The van der Waals surface area contributed by atoms with Gasteiger partial charge in [-0.2, -0.15) is 0 Å². The summed E-state index contributed by atoms with van der Waals surface area (Å²) < 4.78 is 11.2. The third-order valence-electron chi connectivity index (χ3n) is 4.56. The van der Waals surface area contributed by atoms with Gasteiger partial charge in [0.2, 0.25) is 0 Å². The molecular formula is C20H24ClN2O4-. The van der Waals surface area contributed by atoms with E-state index < -0.39 is 4.92 Å². The Hall–Kier alpha value is -2.15. The predicted molar refractivity (Wildman–Crippen MR) is 99.6 cm³/mol. The topological polar surface area (TPSA) is 64.8 Å². The highest BCUT2D eigenvalue weighted by Gasteiger charge is 2.16. The highest BCUT2D eigenvalue weighted by molar-refractivity contribution is 5.48. The molecule has 2 aromatic carbocycles. The molecule has 6 nitrogen and oxygen atoms in total. The molecule has 1 aliphatic rings. The van der Waals surface area contributed by atoms with E-state index in [2.05, 4.69) is 29.2 Å². The van der Waals surface area contributed by atoms with E-state index in [9.17, 15) is 10.1 Å². The Labute approximate surface area is 165 Å². The lowest BCUT2D eigenvalue weighted by Gasteiger charge is -2.28. The molecule has 7 heteroatoms. The van der Waals surface area contributed by atoms with Crippen molar-refractivity contribution in [1.82, 2.24) is 4.90 Å². The van der Waals surface area contributed by atoms with Crippen LogP contribution in [0.4, 0.5) is 5.69 Å². The van der Waals surface area contributed by atoms with Gasteiger partial charge in [-0.1, -0.05) is 30.3 Å². The van der Waals surface area contributed by atoms with Crippen LogP contribution in [0, 0.1) is 17.0 Å². The number of fused-ring (bicyclic) bond motifs is 1. The first-order valence-corrected chi connectivity index (χ1v) is 8.88. The van der Waals surface area contributed by atoms with Gasteiger partial charge in [-0.25, -0.2) is 0 Å². The normalized spacial score (nSPS) is 13.5. The van der Waals surface area contributed by atoms with Gasteiger partial charge in [0.05, 0.1) is 18.1 Å². The molecule has 146 valence electrons. The molecule has 2 aromatic rings. The van der Waals surface area contributed by atoms with Crippen LogP contribution in [0.2, 0.25) is 0 Å². The van der Waals surface area contributed by atoms with Crippen molar-refractivity contribution in [3.05, 3.63) is 69.3 Å². The summed E-state index contributed by atoms with van der Waals surface area (Å²) in [6.07, 6.45) is 1.08. The molecule has 0 unspecified atom stereocenters. The molecule has 1 heterocycles. The van der Waals surface area contributed by atoms with E-state index in [1.54, 1.807) is 12.1 Å². The lowest BCUT2D eigenvalue weighted by molar-refractivity contribution is -0.385. The molecule has 27 heavy (non-hydrogen) atoms. The number of halogens is 1. The lowest BCUT2D eigenvalue weighted by atomic mass is 10.0. The van der Waals surface area contributed by atoms with Crippen LogP contribution in [-0.2, 0) is 17.7 Å². The number of hydrogen-bond acceptors (Lipinski definition) is 5. The number of rotatable bonds is 8. The molecule has 3 rings (SSSR count). The van der Waals surface area contributed by atoms with Gasteiger partial charge in [-0.05, 0) is 36.1 Å². The van der Waals surface area contributed by atoms with Crippen molar-refractivity contribution in [2.24, 2.45) is 0 Å². The molecule has 0 saturated heterocycles. The Kier molecular flexibility index (Phi) is 8.03. The molecule has 0 amide bonds. The van der Waals surface area contributed by atoms with Crippen molar-refractivity contribution < 1.29 is 26.8 Å². The summed E-state index contributed by atoms with van der Waals surface area (Å²) in [7, 11) is 0. The molecule has 1 aliphatic heterocycles. The number of hydrogen-bond donors (Lipinski definition) is 0. The Morgan fingerprint density at radius 1 is 1.11 bits per heavy atom. The second-order valence-corrected chi connectivity index (χ2v) is 6.48. The summed E-state index contributed by atoms with van der Waals surface area (Å²) in [5.41, 5.74) is 3.76. The van der Waals surface area contributed by atoms with Crippen molar-refractivity contribution in [2.75, 3.05) is 32.9 Å². The molecular weight excluding hydrogens is 368 g/mol. The maximum absolute atomic E-state index is 11.0. The summed E-state index contributed by atoms with van der Waals surface area (Å²) in [4.78, 5) is 13.0. The maximum Gasteiger partial charge on any atom is 0.310 e. The second kappa shape index (κ2) is 10.3. The Morgan fingerprint density at radius 2 is 1.89 bits per heavy atom. The fraction of sp³-hybridized carbons (Fsp3) is 0.400. The first-order chi connectivity index (χ1) is 12.6. The minimum absolute atomic E-state index is 0. The van der Waals surface area contributed by atoms with E-state index in [1.165, 1.54) is 17.2 Å². The van der Waals surface area contributed by atoms with Gasteiger partial charge in [0.15, 0.2) is 5.75 Å². The average Bonchev–Trinajstić information content (AvgIpc) is 2.64. The zero-order chi connectivity index (χ0) is 18.4. The summed E-state index contributed by atoms with van der Waals surface area (Å²) in [5, 5.41) is 11.0. The van der Waals surface area contributed by atoms with Gasteiger partial charge >= 0.3 is 5.69 Å². The van der Waals surface area contributed by atoms with Crippen LogP contribution in [0.5, 0.6) is 5.75 Å².